The molecule has 0 radical (unpaired) electrons. The second-order valence-electron chi connectivity index (χ2n) is 4.39. The average molecular weight is 298 g/mol. The fourth-order valence-electron chi connectivity index (χ4n) is 1.69. The first-order valence-electron chi connectivity index (χ1n) is 5.92. The van der Waals surface area contributed by atoms with E-state index in [2.05, 4.69) is 29.8 Å². The summed E-state index contributed by atoms with van der Waals surface area (Å²) < 4.78 is 14.9. The van der Waals surface area contributed by atoms with Crippen LogP contribution >= 0.6 is 15.9 Å². The van der Waals surface area contributed by atoms with Gasteiger partial charge in [-0.05, 0) is 24.8 Å². The van der Waals surface area contributed by atoms with Crippen molar-refractivity contribution in [2.75, 3.05) is 0 Å². The van der Waals surface area contributed by atoms with Gasteiger partial charge in [-0.1, -0.05) is 42.3 Å². The quantitative estimate of drug-likeness (QED) is 0.777. The molecule has 0 saturated carbocycles. The SMILES string of the molecule is CCC(C)CCc1c(Br)ccc(CC#N)c1F. The fourth-order valence-corrected chi connectivity index (χ4v) is 2.20. The molecular formula is C14H17BrFN. The van der Waals surface area contributed by atoms with Gasteiger partial charge in [0.15, 0.2) is 0 Å². The van der Waals surface area contributed by atoms with Gasteiger partial charge in [-0.2, -0.15) is 5.26 Å². The molecule has 0 N–H and O–H groups in total. The van der Waals surface area contributed by atoms with Gasteiger partial charge < -0.3 is 0 Å². The van der Waals surface area contributed by atoms with Crippen LogP contribution in [-0.2, 0) is 12.8 Å². The van der Waals surface area contributed by atoms with E-state index in [-0.39, 0.29) is 12.2 Å². The summed E-state index contributed by atoms with van der Waals surface area (Å²) >= 11 is 3.38. The van der Waals surface area contributed by atoms with Crippen molar-refractivity contribution in [3.63, 3.8) is 0 Å². The summed E-state index contributed by atoms with van der Waals surface area (Å²) in [5.74, 6) is 0.380. The summed E-state index contributed by atoms with van der Waals surface area (Å²) in [7, 11) is 0. The molecule has 17 heavy (non-hydrogen) atoms. The normalized spacial score (nSPS) is 12.2. The second kappa shape index (κ2) is 6.76. The van der Waals surface area contributed by atoms with Crippen molar-refractivity contribution < 1.29 is 4.39 Å². The minimum Gasteiger partial charge on any atom is -0.206 e. The van der Waals surface area contributed by atoms with Gasteiger partial charge in [-0.15, -0.1) is 0 Å². The van der Waals surface area contributed by atoms with E-state index in [1.807, 2.05) is 12.1 Å². The van der Waals surface area contributed by atoms with Crippen molar-refractivity contribution >= 4 is 15.9 Å². The summed E-state index contributed by atoms with van der Waals surface area (Å²) in [4.78, 5) is 0. The van der Waals surface area contributed by atoms with Crippen LogP contribution in [-0.4, -0.2) is 0 Å². The lowest BCUT2D eigenvalue weighted by atomic mass is 9.97. The van der Waals surface area contributed by atoms with E-state index in [0.717, 1.165) is 23.7 Å². The first-order chi connectivity index (χ1) is 8.10. The number of nitrogens with zero attached hydrogens (tertiary/aromatic N) is 1. The largest absolute Gasteiger partial charge is 0.206 e. The van der Waals surface area contributed by atoms with Crippen molar-refractivity contribution in [1.82, 2.24) is 0 Å². The van der Waals surface area contributed by atoms with Crippen LogP contribution < -0.4 is 0 Å². The maximum Gasteiger partial charge on any atom is 0.131 e. The van der Waals surface area contributed by atoms with Crippen molar-refractivity contribution in [3.05, 3.63) is 33.5 Å². The minimum absolute atomic E-state index is 0.134. The van der Waals surface area contributed by atoms with Crippen LogP contribution in [0.3, 0.4) is 0 Å². The van der Waals surface area contributed by atoms with E-state index < -0.39 is 0 Å². The predicted molar refractivity (Wildman–Crippen MR) is 71.2 cm³/mol. The number of hydrogen-bond donors (Lipinski definition) is 0. The molecule has 1 aromatic rings. The van der Waals surface area contributed by atoms with E-state index in [1.165, 1.54) is 0 Å². The van der Waals surface area contributed by atoms with Crippen LogP contribution in [0.4, 0.5) is 4.39 Å². The summed E-state index contributed by atoms with van der Waals surface area (Å²) in [6.45, 7) is 4.31. The molecule has 1 nitrogen and oxygen atoms in total. The van der Waals surface area contributed by atoms with Gasteiger partial charge in [0, 0.05) is 15.6 Å². The van der Waals surface area contributed by atoms with Gasteiger partial charge in [0.05, 0.1) is 12.5 Å². The van der Waals surface area contributed by atoms with Crippen LogP contribution in [0.25, 0.3) is 0 Å². The van der Waals surface area contributed by atoms with Crippen LogP contribution in [0, 0.1) is 23.1 Å². The highest BCUT2D eigenvalue weighted by molar-refractivity contribution is 9.10. The van der Waals surface area contributed by atoms with Gasteiger partial charge in [-0.3, -0.25) is 0 Å². The summed E-state index contributed by atoms with van der Waals surface area (Å²) in [6, 6.07) is 5.50. The molecule has 0 aliphatic heterocycles. The van der Waals surface area contributed by atoms with Crippen molar-refractivity contribution in [2.24, 2.45) is 5.92 Å². The van der Waals surface area contributed by atoms with Crippen molar-refractivity contribution in [3.8, 4) is 6.07 Å². The molecule has 0 aromatic heterocycles. The maximum absolute atomic E-state index is 14.1. The van der Waals surface area contributed by atoms with Crippen LogP contribution in [0.5, 0.6) is 0 Å². The topological polar surface area (TPSA) is 23.8 Å². The number of rotatable bonds is 5. The van der Waals surface area contributed by atoms with Gasteiger partial charge in [0.1, 0.15) is 5.82 Å². The van der Waals surface area contributed by atoms with Crippen LogP contribution in [0.2, 0.25) is 0 Å². The lowest BCUT2D eigenvalue weighted by Gasteiger charge is -2.12. The molecule has 0 amide bonds. The smallest absolute Gasteiger partial charge is 0.131 e. The zero-order valence-electron chi connectivity index (χ0n) is 10.3. The first-order valence-corrected chi connectivity index (χ1v) is 6.72. The van der Waals surface area contributed by atoms with Crippen LogP contribution in [0.1, 0.15) is 37.8 Å². The molecule has 0 bridgehead atoms. The lowest BCUT2D eigenvalue weighted by Crippen LogP contribution is -2.01. The zero-order valence-corrected chi connectivity index (χ0v) is 11.8. The molecular weight excluding hydrogens is 281 g/mol. The van der Waals surface area contributed by atoms with E-state index in [9.17, 15) is 4.39 Å². The Morgan fingerprint density at radius 1 is 1.47 bits per heavy atom. The summed E-state index contributed by atoms with van der Waals surface area (Å²) in [5.41, 5.74) is 1.20. The van der Waals surface area contributed by atoms with E-state index in [1.54, 1.807) is 6.07 Å². The Labute approximate surface area is 111 Å². The Hall–Kier alpha value is -0.880. The number of hydrogen-bond acceptors (Lipinski definition) is 1. The molecule has 1 atom stereocenters. The number of benzene rings is 1. The molecule has 0 spiro atoms. The third-order valence-electron chi connectivity index (χ3n) is 3.12. The van der Waals surface area contributed by atoms with E-state index >= 15 is 0 Å². The molecule has 92 valence electrons. The maximum atomic E-state index is 14.1. The Bertz CT molecular complexity index is 423. The molecule has 0 heterocycles. The average Bonchev–Trinajstić information content (AvgIpc) is 2.32. The molecule has 0 saturated heterocycles. The van der Waals surface area contributed by atoms with Gasteiger partial charge in [-0.25, -0.2) is 4.39 Å². The predicted octanol–water partition coefficient (Wildman–Crippen LogP) is 4.63. The van der Waals surface area contributed by atoms with Crippen LogP contribution in [0.15, 0.2) is 16.6 Å². The molecule has 0 fully saturated rings. The number of nitriles is 1. The van der Waals surface area contributed by atoms with Gasteiger partial charge in [0.2, 0.25) is 0 Å². The first kappa shape index (κ1) is 14.2. The third-order valence-corrected chi connectivity index (χ3v) is 3.86. The van der Waals surface area contributed by atoms with E-state index in [0.29, 0.717) is 17.0 Å². The molecule has 1 rings (SSSR count). The molecule has 1 aromatic carbocycles. The lowest BCUT2D eigenvalue weighted by molar-refractivity contribution is 0.504. The Morgan fingerprint density at radius 3 is 2.76 bits per heavy atom. The van der Waals surface area contributed by atoms with Crippen molar-refractivity contribution in [2.45, 2.75) is 39.5 Å². The van der Waals surface area contributed by atoms with Gasteiger partial charge >= 0.3 is 0 Å². The fraction of sp³-hybridized carbons (Fsp3) is 0.500. The summed E-state index contributed by atoms with van der Waals surface area (Å²) in [5, 5.41) is 8.63. The Kier molecular flexibility index (Phi) is 5.64. The minimum atomic E-state index is -0.218. The third kappa shape index (κ3) is 3.81. The summed E-state index contributed by atoms with van der Waals surface area (Å²) in [6.07, 6.45) is 2.94. The highest BCUT2D eigenvalue weighted by atomic mass is 79.9. The molecule has 0 aliphatic rings. The monoisotopic (exact) mass is 297 g/mol. The van der Waals surface area contributed by atoms with Crippen molar-refractivity contribution in [1.29, 1.82) is 5.26 Å². The molecule has 0 aliphatic carbocycles. The number of halogens is 2. The second-order valence-corrected chi connectivity index (χ2v) is 5.24. The molecule has 1 unspecified atom stereocenters. The Morgan fingerprint density at radius 2 is 2.18 bits per heavy atom. The zero-order chi connectivity index (χ0) is 12.8. The van der Waals surface area contributed by atoms with E-state index in [4.69, 9.17) is 5.26 Å². The highest BCUT2D eigenvalue weighted by Crippen LogP contribution is 2.26. The highest BCUT2D eigenvalue weighted by Gasteiger charge is 2.12. The standard InChI is InChI=1S/C14H17BrFN/c1-3-10(2)4-6-12-13(15)7-5-11(8-9-17)14(12)16/h5,7,10H,3-4,6,8H2,1-2H3. The van der Waals surface area contributed by atoms with Gasteiger partial charge in [0.25, 0.3) is 0 Å². The molecule has 3 heteroatoms. The Balaban J connectivity index is 2.90.